The molecule has 0 bridgehead atoms. The molecule has 0 unspecified atom stereocenters. The highest BCUT2D eigenvalue weighted by atomic mass is 32.1. The van der Waals surface area contributed by atoms with E-state index < -0.39 is 12.1 Å². The van der Waals surface area contributed by atoms with Gasteiger partial charge in [-0.15, -0.1) is 11.3 Å². The predicted octanol–water partition coefficient (Wildman–Crippen LogP) is 3.77. The summed E-state index contributed by atoms with van der Waals surface area (Å²) in [5, 5.41) is 0.601. The molecule has 2 aromatic heterocycles. The van der Waals surface area contributed by atoms with Gasteiger partial charge in [0.05, 0.1) is 18.9 Å². The van der Waals surface area contributed by atoms with Gasteiger partial charge in [-0.1, -0.05) is 17.7 Å². The first kappa shape index (κ1) is 19.1. The Morgan fingerprint density at radius 3 is 2.74 bits per heavy atom. The average Bonchev–Trinajstić information content (AvgIpc) is 2.89. The maximum absolute atomic E-state index is 12.4. The van der Waals surface area contributed by atoms with Crippen molar-refractivity contribution in [2.45, 2.75) is 40.2 Å². The Labute approximate surface area is 161 Å². The fourth-order valence-corrected chi connectivity index (χ4v) is 4.00. The topological polar surface area (TPSA) is 81.3 Å². The van der Waals surface area contributed by atoms with Crippen molar-refractivity contribution in [2.75, 3.05) is 7.11 Å². The highest BCUT2D eigenvalue weighted by Gasteiger charge is 2.19. The van der Waals surface area contributed by atoms with Crippen LogP contribution in [0.1, 0.15) is 40.4 Å². The molecule has 0 fully saturated rings. The van der Waals surface area contributed by atoms with Crippen molar-refractivity contribution < 1.29 is 14.3 Å². The Morgan fingerprint density at radius 1 is 1.30 bits per heavy atom. The highest BCUT2D eigenvalue weighted by Crippen LogP contribution is 2.27. The molecule has 1 aromatic carbocycles. The number of aromatic nitrogens is 2. The minimum atomic E-state index is -0.659. The number of nitrogens with one attached hydrogen (secondary N) is 1. The molecule has 27 heavy (non-hydrogen) atoms. The molecule has 1 N–H and O–H groups in total. The molecule has 0 aliphatic heterocycles. The fraction of sp³-hybridized carbons (Fsp3) is 0.350. The summed E-state index contributed by atoms with van der Waals surface area (Å²) >= 11 is 1.46. The Kier molecular flexibility index (Phi) is 5.32. The van der Waals surface area contributed by atoms with E-state index in [4.69, 9.17) is 9.47 Å². The van der Waals surface area contributed by atoms with Crippen LogP contribution in [0.2, 0.25) is 0 Å². The van der Waals surface area contributed by atoms with Gasteiger partial charge in [0.1, 0.15) is 10.6 Å². The molecule has 0 amide bonds. The molecule has 0 saturated heterocycles. The Bertz CT molecular complexity index is 1070. The molecule has 2 heterocycles. The first-order valence-electron chi connectivity index (χ1n) is 8.63. The monoisotopic (exact) mass is 386 g/mol. The van der Waals surface area contributed by atoms with Gasteiger partial charge in [-0.3, -0.25) is 9.59 Å². The largest absolute Gasteiger partial charge is 0.496 e. The van der Waals surface area contributed by atoms with Crippen LogP contribution in [0.15, 0.2) is 23.0 Å². The Hall–Kier alpha value is -2.67. The lowest BCUT2D eigenvalue weighted by molar-refractivity contribution is -0.148. The molecule has 142 valence electrons. The van der Waals surface area contributed by atoms with Gasteiger partial charge in [0, 0.05) is 10.4 Å². The standard InChI is InChI=1S/C20H22N2O4S/c1-10-6-7-15(25-5)14(8-10)9-16(23)26-12(3)18-21-19(24)17-11(2)13(4)27-20(17)22-18/h6-8,12H,9H2,1-5H3,(H,21,22,24)/t12-/m0/s1. The lowest BCUT2D eigenvalue weighted by atomic mass is 10.1. The van der Waals surface area contributed by atoms with E-state index in [-0.39, 0.29) is 12.0 Å². The number of methoxy groups -OCH3 is 1. The quantitative estimate of drug-likeness (QED) is 0.675. The number of carbonyl (C=O) groups excluding carboxylic acids is 1. The van der Waals surface area contributed by atoms with E-state index in [2.05, 4.69) is 9.97 Å². The fourth-order valence-electron chi connectivity index (χ4n) is 2.96. The van der Waals surface area contributed by atoms with Crippen molar-refractivity contribution in [1.29, 1.82) is 0 Å². The van der Waals surface area contributed by atoms with Crippen molar-refractivity contribution in [2.24, 2.45) is 0 Å². The van der Waals surface area contributed by atoms with Crippen LogP contribution in [-0.4, -0.2) is 23.0 Å². The maximum atomic E-state index is 12.4. The molecule has 3 aromatic rings. The van der Waals surface area contributed by atoms with Crippen LogP contribution in [0.3, 0.4) is 0 Å². The number of esters is 1. The zero-order valence-corrected chi connectivity index (χ0v) is 16.8. The molecule has 0 aliphatic carbocycles. The number of hydrogen-bond acceptors (Lipinski definition) is 6. The van der Waals surface area contributed by atoms with E-state index in [1.807, 2.05) is 39.0 Å². The summed E-state index contributed by atoms with van der Waals surface area (Å²) in [6.45, 7) is 7.51. The van der Waals surface area contributed by atoms with Gasteiger partial charge in [-0.25, -0.2) is 4.98 Å². The minimum absolute atomic E-state index is 0.0822. The van der Waals surface area contributed by atoms with E-state index in [0.717, 1.165) is 21.6 Å². The maximum Gasteiger partial charge on any atom is 0.311 e. The number of benzene rings is 1. The summed E-state index contributed by atoms with van der Waals surface area (Å²) in [4.78, 5) is 33.7. The van der Waals surface area contributed by atoms with Gasteiger partial charge in [0.15, 0.2) is 11.9 Å². The molecule has 3 rings (SSSR count). The van der Waals surface area contributed by atoms with Crippen LogP contribution < -0.4 is 10.3 Å². The van der Waals surface area contributed by atoms with E-state index in [1.165, 1.54) is 11.3 Å². The van der Waals surface area contributed by atoms with Crippen molar-refractivity contribution in [3.05, 3.63) is 55.9 Å². The normalized spacial score (nSPS) is 12.2. The van der Waals surface area contributed by atoms with Gasteiger partial charge >= 0.3 is 5.97 Å². The Morgan fingerprint density at radius 2 is 2.04 bits per heavy atom. The van der Waals surface area contributed by atoms with E-state index in [1.54, 1.807) is 14.0 Å². The molecule has 0 aliphatic rings. The second-order valence-electron chi connectivity index (χ2n) is 6.54. The molecular weight excluding hydrogens is 364 g/mol. The third-order valence-electron chi connectivity index (χ3n) is 4.52. The van der Waals surface area contributed by atoms with Crippen molar-refractivity contribution in [1.82, 2.24) is 9.97 Å². The van der Waals surface area contributed by atoms with Crippen molar-refractivity contribution in [3.8, 4) is 5.75 Å². The van der Waals surface area contributed by atoms with Crippen molar-refractivity contribution in [3.63, 3.8) is 0 Å². The molecule has 1 atom stereocenters. The van der Waals surface area contributed by atoms with Crippen LogP contribution in [0.25, 0.3) is 10.2 Å². The molecule has 0 radical (unpaired) electrons. The van der Waals surface area contributed by atoms with Gasteiger partial charge in [-0.2, -0.15) is 0 Å². The number of carbonyl (C=O) groups is 1. The van der Waals surface area contributed by atoms with Gasteiger partial charge < -0.3 is 14.5 Å². The summed E-state index contributed by atoms with van der Waals surface area (Å²) in [6, 6.07) is 5.65. The number of thiophene rings is 1. The Balaban J connectivity index is 1.80. The second-order valence-corrected chi connectivity index (χ2v) is 7.74. The van der Waals surface area contributed by atoms with Crippen LogP contribution in [-0.2, 0) is 16.0 Å². The van der Waals surface area contributed by atoms with Crippen LogP contribution >= 0.6 is 11.3 Å². The van der Waals surface area contributed by atoms with Gasteiger partial charge in [-0.05, 0) is 39.3 Å². The summed E-state index contributed by atoms with van der Waals surface area (Å²) in [5.74, 6) is 0.577. The first-order chi connectivity index (χ1) is 12.8. The number of H-pyrrole nitrogens is 1. The molecule has 7 heteroatoms. The molecule has 0 spiro atoms. The smallest absolute Gasteiger partial charge is 0.311 e. The number of aryl methyl sites for hydroxylation is 3. The molecule has 6 nitrogen and oxygen atoms in total. The SMILES string of the molecule is COc1ccc(C)cc1CC(=O)O[C@@H](C)c1nc2sc(C)c(C)c2c(=O)[nH]1. The summed E-state index contributed by atoms with van der Waals surface area (Å²) < 4.78 is 10.8. The van der Waals surface area contributed by atoms with E-state index >= 15 is 0 Å². The first-order valence-corrected chi connectivity index (χ1v) is 9.44. The lowest BCUT2D eigenvalue weighted by Crippen LogP contribution is -2.18. The molecular formula is C20H22N2O4S. The lowest BCUT2D eigenvalue weighted by Gasteiger charge is -2.14. The predicted molar refractivity (Wildman–Crippen MR) is 106 cm³/mol. The van der Waals surface area contributed by atoms with Crippen LogP contribution in [0.4, 0.5) is 0 Å². The number of aromatic amines is 1. The zero-order chi connectivity index (χ0) is 19.7. The number of ether oxygens (including phenoxy) is 2. The summed E-state index contributed by atoms with van der Waals surface area (Å²) in [6.07, 6.45) is -0.577. The average molecular weight is 386 g/mol. The minimum Gasteiger partial charge on any atom is -0.496 e. The number of fused-ring (bicyclic) bond motifs is 1. The molecule has 0 saturated carbocycles. The van der Waals surface area contributed by atoms with Crippen LogP contribution in [0, 0.1) is 20.8 Å². The second kappa shape index (κ2) is 7.52. The number of nitrogens with zero attached hydrogens (tertiary/aromatic N) is 1. The van der Waals surface area contributed by atoms with Gasteiger partial charge in [0.25, 0.3) is 5.56 Å². The zero-order valence-electron chi connectivity index (χ0n) is 16.0. The number of rotatable bonds is 5. The third-order valence-corrected chi connectivity index (χ3v) is 5.62. The number of hydrogen-bond donors (Lipinski definition) is 1. The van der Waals surface area contributed by atoms with E-state index in [9.17, 15) is 9.59 Å². The van der Waals surface area contributed by atoms with Gasteiger partial charge in [0.2, 0.25) is 0 Å². The van der Waals surface area contributed by atoms with Crippen LogP contribution in [0.5, 0.6) is 5.75 Å². The van der Waals surface area contributed by atoms with Crippen molar-refractivity contribution >= 4 is 27.5 Å². The summed E-state index contributed by atoms with van der Waals surface area (Å²) in [7, 11) is 1.57. The third kappa shape index (κ3) is 3.88. The highest BCUT2D eigenvalue weighted by molar-refractivity contribution is 7.18. The summed E-state index contributed by atoms with van der Waals surface area (Å²) in [5.41, 5.74) is 2.52. The van der Waals surface area contributed by atoms with E-state index in [0.29, 0.717) is 21.8 Å².